The van der Waals surface area contributed by atoms with Gasteiger partial charge in [0.1, 0.15) is 0 Å². The maximum Gasteiger partial charge on any atom is 0.243 e. The monoisotopic (exact) mass is 534 g/mol. The molecule has 11 nitrogen and oxygen atoms in total. The predicted octanol–water partition coefficient (Wildman–Crippen LogP) is 0.500. The van der Waals surface area contributed by atoms with E-state index in [9.17, 15) is 24.0 Å². The van der Waals surface area contributed by atoms with Gasteiger partial charge in [0.05, 0.1) is 0 Å². The van der Waals surface area contributed by atoms with Gasteiger partial charge in [-0.2, -0.15) is 0 Å². The smallest absolute Gasteiger partial charge is 0.243 e. The van der Waals surface area contributed by atoms with Crippen molar-refractivity contribution in [3.63, 3.8) is 0 Å². The van der Waals surface area contributed by atoms with E-state index in [2.05, 4.69) is 45.9 Å². The molecule has 0 aromatic carbocycles. The number of amides is 5. The third-order valence-electron chi connectivity index (χ3n) is 5.60. The van der Waals surface area contributed by atoms with Crippen molar-refractivity contribution in [1.82, 2.24) is 31.1 Å². The van der Waals surface area contributed by atoms with Crippen LogP contribution in [-0.4, -0.2) is 98.2 Å². The molecule has 0 atom stereocenters. The van der Waals surface area contributed by atoms with Crippen LogP contribution in [0, 0.1) is 0 Å². The van der Waals surface area contributed by atoms with Crippen molar-refractivity contribution in [3.8, 4) is 0 Å². The SMILES string of the molecule is C=CC(=O)NCCCN(CCCNC(=O)C=C)CCC(=O)NCCCN(CCCNC(=O)C=C)C(=O)CC. The lowest BCUT2D eigenvalue weighted by atomic mass is 10.2. The Morgan fingerprint density at radius 2 is 1.00 bits per heavy atom. The van der Waals surface area contributed by atoms with Gasteiger partial charge in [0.25, 0.3) is 0 Å². The summed E-state index contributed by atoms with van der Waals surface area (Å²) in [4.78, 5) is 62.3. The summed E-state index contributed by atoms with van der Waals surface area (Å²) in [5.74, 6) is -0.715. The summed E-state index contributed by atoms with van der Waals surface area (Å²) < 4.78 is 0. The maximum atomic E-state index is 12.4. The highest BCUT2D eigenvalue weighted by Gasteiger charge is 2.12. The standard InChI is InChI=1S/C27H46N6O5/c1-5-23(34)28-14-9-18-32(19-10-15-29-24(35)6-2)22-13-26(37)31-17-12-21-33(27(38)8-4)20-11-16-30-25(36)7-3/h5-7H,1-3,8-22H2,4H3,(H,28,34)(H,29,35)(H,30,36)(H,31,37). The number of hydrogen-bond acceptors (Lipinski definition) is 6. The van der Waals surface area contributed by atoms with Crippen molar-refractivity contribution >= 4 is 29.5 Å². The fourth-order valence-corrected chi connectivity index (χ4v) is 3.49. The molecule has 0 radical (unpaired) electrons. The van der Waals surface area contributed by atoms with Gasteiger partial charge in [-0.3, -0.25) is 24.0 Å². The third kappa shape index (κ3) is 18.8. The van der Waals surface area contributed by atoms with E-state index in [-0.39, 0.29) is 29.5 Å². The maximum absolute atomic E-state index is 12.4. The van der Waals surface area contributed by atoms with E-state index >= 15 is 0 Å². The minimum atomic E-state index is -0.237. The second kappa shape index (κ2) is 22.7. The second-order valence-corrected chi connectivity index (χ2v) is 8.58. The highest BCUT2D eigenvalue weighted by Crippen LogP contribution is 2.00. The molecule has 214 valence electrons. The molecule has 0 aliphatic heterocycles. The molecule has 38 heavy (non-hydrogen) atoms. The molecular weight excluding hydrogens is 488 g/mol. The van der Waals surface area contributed by atoms with Crippen LogP contribution in [0.3, 0.4) is 0 Å². The Morgan fingerprint density at radius 3 is 1.39 bits per heavy atom. The molecule has 0 rings (SSSR count). The fraction of sp³-hybridized carbons (Fsp3) is 0.593. The van der Waals surface area contributed by atoms with E-state index < -0.39 is 0 Å². The molecule has 0 aliphatic rings. The van der Waals surface area contributed by atoms with Crippen LogP contribution < -0.4 is 21.3 Å². The molecule has 0 aliphatic carbocycles. The Labute approximate surface area is 227 Å². The van der Waals surface area contributed by atoms with Crippen molar-refractivity contribution in [2.75, 3.05) is 58.9 Å². The number of carbonyl (C=O) groups excluding carboxylic acids is 5. The molecule has 0 fully saturated rings. The first-order valence-corrected chi connectivity index (χ1v) is 13.2. The van der Waals surface area contributed by atoms with Crippen molar-refractivity contribution < 1.29 is 24.0 Å². The van der Waals surface area contributed by atoms with E-state index in [0.29, 0.717) is 84.6 Å². The zero-order valence-electron chi connectivity index (χ0n) is 22.9. The first-order valence-electron chi connectivity index (χ1n) is 13.2. The summed E-state index contributed by atoms with van der Waals surface area (Å²) in [6.45, 7) is 17.0. The molecule has 11 heteroatoms. The van der Waals surface area contributed by atoms with Crippen LogP contribution in [0.1, 0.15) is 45.4 Å². The summed E-state index contributed by atoms with van der Waals surface area (Å²) in [5, 5.41) is 11.1. The number of nitrogens with zero attached hydrogens (tertiary/aromatic N) is 2. The van der Waals surface area contributed by atoms with Crippen LogP contribution in [0.5, 0.6) is 0 Å². The zero-order valence-corrected chi connectivity index (χ0v) is 22.9. The van der Waals surface area contributed by atoms with Crippen LogP contribution in [0.15, 0.2) is 38.0 Å². The quantitative estimate of drug-likeness (QED) is 0.111. The van der Waals surface area contributed by atoms with Crippen LogP contribution >= 0.6 is 0 Å². The largest absolute Gasteiger partial charge is 0.356 e. The third-order valence-corrected chi connectivity index (χ3v) is 5.60. The molecule has 0 bridgehead atoms. The second-order valence-electron chi connectivity index (χ2n) is 8.58. The van der Waals surface area contributed by atoms with Gasteiger partial charge in [-0.05, 0) is 57.0 Å². The number of rotatable bonds is 23. The predicted molar refractivity (Wildman–Crippen MR) is 149 cm³/mol. The molecule has 4 N–H and O–H groups in total. The van der Waals surface area contributed by atoms with Gasteiger partial charge < -0.3 is 31.1 Å². The van der Waals surface area contributed by atoms with Crippen molar-refractivity contribution in [1.29, 1.82) is 0 Å². The van der Waals surface area contributed by atoms with E-state index in [1.165, 1.54) is 18.2 Å². The topological polar surface area (TPSA) is 140 Å². The molecule has 5 amide bonds. The Kier molecular flexibility index (Phi) is 20.6. The number of hydrogen-bond donors (Lipinski definition) is 4. The lowest BCUT2D eigenvalue weighted by molar-refractivity contribution is -0.131. The first-order chi connectivity index (χ1) is 18.3. The normalized spacial score (nSPS) is 10.3. The van der Waals surface area contributed by atoms with Gasteiger partial charge in [0.15, 0.2) is 0 Å². The minimum absolute atomic E-state index is 0.0376. The number of nitrogens with one attached hydrogen (secondary N) is 4. The van der Waals surface area contributed by atoms with Gasteiger partial charge in [-0.25, -0.2) is 0 Å². The van der Waals surface area contributed by atoms with E-state index in [0.717, 1.165) is 12.8 Å². The van der Waals surface area contributed by atoms with E-state index in [1.54, 1.807) is 4.90 Å². The molecule has 0 spiro atoms. The fourth-order valence-electron chi connectivity index (χ4n) is 3.49. The molecule has 0 saturated heterocycles. The first kappa shape index (κ1) is 34.5. The summed E-state index contributed by atoms with van der Waals surface area (Å²) in [5.41, 5.74) is 0. The van der Waals surface area contributed by atoms with Gasteiger partial charge in [0, 0.05) is 58.7 Å². The summed E-state index contributed by atoms with van der Waals surface area (Å²) in [6, 6.07) is 0. The van der Waals surface area contributed by atoms with Crippen molar-refractivity contribution in [2.24, 2.45) is 0 Å². The minimum Gasteiger partial charge on any atom is -0.356 e. The average molecular weight is 535 g/mol. The molecule has 0 aromatic heterocycles. The van der Waals surface area contributed by atoms with Gasteiger partial charge >= 0.3 is 0 Å². The molecule has 0 unspecified atom stereocenters. The van der Waals surface area contributed by atoms with Crippen molar-refractivity contribution in [2.45, 2.75) is 45.4 Å². The molecular formula is C27H46N6O5. The summed E-state index contributed by atoms with van der Waals surface area (Å²) >= 11 is 0. The Morgan fingerprint density at radius 1 is 0.605 bits per heavy atom. The lowest BCUT2D eigenvalue weighted by Crippen LogP contribution is -2.37. The highest BCUT2D eigenvalue weighted by atomic mass is 16.2. The van der Waals surface area contributed by atoms with E-state index in [1.807, 2.05) is 6.92 Å². The lowest BCUT2D eigenvalue weighted by Gasteiger charge is -2.23. The van der Waals surface area contributed by atoms with Crippen LogP contribution in [-0.2, 0) is 24.0 Å². The summed E-state index contributed by atoms with van der Waals surface area (Å²) in [6.07, 6.45) is 7.10. The van der Waals surface area contributed by atoms with Gasteiger partial charge in [-0.15, -0.1) is 0 Å². The van der Waals surface area contributed by atoms with Crippen LogP contribution in [0.2, 0.25) is 0 Å². The van der Waals surface area contributed by atoms with Crippen LogP contribution in [0.25, 0.3) is 0 Å². The molecule has 0 heterocycles. The Hall–Kier alpha value is -3.47. The summed E-state index contributed by atoms with van der Waals surface area (Å²) in [7, 11) is 0. The Balaban J connectivity index is 4.44. The van der Waals surface area contributed by atoms with Gasteiger partial charge in [-0.1, -0.05) is 26.7 Å². The van der Waals surface area contributed by atoms with E-state index in [4.69, 9.17) is 0 Å². The van der Waals surface area contributed by atoms with Gasteiger partial charge in [0.2, 0.25) is 29.5 Å². The number of carbonyl (C=O) groups is 5. The highest BCUT2D eigenvalue weighted by molar-refractivity contribution is 5.87. The van der Waals surface area contributed by atoms with Crippen LogP contribution in [0.4, 0.5) is 0 Å². The Bertz CT molecular complexity index is 758. The average Bonchev–Trinajstić information content (AvgIpc) is 2.93. The molecule has 0 saturated carbocycles. The zero-order chi connectivity index (χ0) is 28.6. The molecule has 0 aromatic rings. The van der Waals surface area contributed by atoms with Crippen molar-refractivity contribution in [3.05, 3.63) is 38.0 Å².